The number of hydrogen-bond donors (Lipinski definition) is 0. The van der Waals surface area contributed by atoms with Gasteiger partial charge in [-0.25, -0.2) is 0 Å². The largest absolute Gasteiger partial charge is 0.463 e. The summed E-state index contributed by atoms with van der Waals surface area (Å²) in [6.07, 6.45) is 15.9. The lowest BCUT2D eigenvalue weighted by Gasteiger charge is -2.56. The van der Waals surface area contributed by atoms with Crippen LogP contribution in [0.3, 0.4) is 0 Å². The standard InChI is InChI=1S/C53H68O14/c54-46-34-13-30-11-32(34)44(66-46)42(30)64-50(58)40-37-15-36(38(40)48(56)62-3-1-60-22-52-16-24-5-25(17-52)7-26(6-24)18-52)41(51(59)65-43-31-12-33-35(14-31)47(55)67-45(33)43)39(37)49(57)63-4-2-61-23-53-19-27-8-28(20-53)10-29(9-27)21-53/h24-45H,1-23H2. The summed E-state index contributed by atoms with van der Waals surface area (Å²) in [6, 6.07) is 0. The summed E-state index contributed by atoms with van der Waals surface area (Å²) in [5.41, 5.74) is 0.416. The van der Waals surface area contributed by atoms with E-state index in [1.165, 1.54) is 77.0 Å². The Balaban J connectivity index is 0.693. The quantitative estimate of drug-likeness (QED) is 0.106. The van der Waals surface area contributed by atoms with E-state index in [2.05, 4.69) is 0 Å². The Morgan fingerprint density at radius 2 is 0.791 bits per heavy atom. The number of carbonyl (C=O) groups is 6. The zero-order chi connectivity index (χ0) is 45.1. The van der Waals surface area contributed by atoms with E-state index in [1.807, 2.05) is 0 Å². The van der Waals surface area contributed by atoms with Gasteiger partial charge in [-0.05, 0) is 167 Å². The molecule has 0 aromatic rings. The summed E-state index contributed by atoms with van der Waals surface area (Å²) in [6.45, 7) is 1.74. The Morgan fingerprint density at radius 1 is 0.433 bits per heavy atom. The first-order valence-electron chi connectivity index (χ1n) is 26.8. The molecule has 0 radical (unpaired) electrons. The number of carbonyl (C=O) groups excluding carboxylic acids is 6. The van der Waals surface area contributed by atoms with Crippen LogP contribution in [-0.4, -0.2) is 99.9 Å². The molecule has 0 aromatic carbocycles. The van der Waals surface area contributed by atoms with Crippen LogP contribution in [0.1, 0.15) is 109 Å². The highest BCUT2D eigenvalue weighted by molar-refractivity contribution is 5.90. The highest BCUT2D eigenvalue weighted by Crippen LogP contribution is 2.64. The lowest BCUT2D eigenvalue weighted by atomic mass is 9.50. The molecule has 0 N–H and O–H groups in total. The Kier molecular flexibility index (Phi) is 9.93. The van der Waals surface area contributed by atoms with Crippen LogP contribution in [0.4, 0.5) is 0 Å². The molecule has 16 unspecified atom stereocenters. The third-order valence-electron chi connectivity index (χ3n) is 21.7. The second-order valence-electron chi connectivity index (χ2n) is 25.6. The van der Waals surface area contributed by atoms with Gasteiger partial charge in [-0.15, -0.1) is 0 Å². The molecule has 364 valence electrons. The summed E-state index contributed by atoms with van der Waals surface area (Å²) in [5, 5.41) is 0. The maximum atomic E-state index is 14.8. The van der Waals surface area contributed by atoms with Crippen molar-refractivity contribution in [2.24, 2.45) is 117 Å². The molecule has 16 rings (SSSR count). The fourth-order valence-corrected chi connectivity index (χ4v) is 20.4. The minimum atomic E-state index is -1.09. The first kappa shape index (κ1) is 42.6. The van der Waals surface area contributed by atoms with Crippen molar-refractivity contribution in [2.45, 2.75) is 134 Å². The van der Waals surface area contributed by atoms with E-state index in [0.29, 0.717) is 26.1 Å². The Bertz CT molecular complexity index is 1890. The van der Waals surface area contributed by atoms with E-state index in [4.69, 9.17) is 37.9 Å². The molecule has 67 heavy (non-hydrogen) atoms. The number of rotatable bonds is 16. The SMILES string of the molecule is O=C1OC2C3CC(CC13)C2OC(=O)C1C2CC(C1C(=O)OCCOCC13CC4CC(CC(C4)C1)C3)C(C(=O)OC1C3CC4C(=O)OC1C4C3)C2C(=O)OCCOCC12CC3CC(CC(C3)C1)C2. The van der Waals surface area contributed by atoms with Crippen molar-refractivity contribution < 1.29 is 66.7 Å². The van der Waals surface area contributed by atoms with E-state index < -0.39 is 83.8 Å². The minimum absolute atomic E-state index is 0.00170. The van der Waals surface area contributed by atoms with Crippen LogP contribution in [0.15, 0.2) is 0 Å². The molecule has 14 nitrogen and oxygen atoms in total. The number of hydrogen-bond acceptors (Lipinski definition) is 14. The molecule has 16 fully saturated rings. The van der Waals surface area contributed by atoms with Gasteiger partial charge in [0.15, 0.2) is 0 Å². The highest BCUT2D eigenvalue weighted by atomic mass is 16.6. The first-order chi connectivity index (χ1) is 32.5. The summed E-state index contributed by atoms with van der Waals surface area (Å²) < 4.78 is 48.8. The second-order valence-corrected chi connectivity index (χ2v) is 25.6. The van der Waals surface area contributed by atoms with Gasteiger partial charge in [0, 0.05) is 23.7 Å². The number of ether oxygens (including phenoxy) is 8. The zero-order valence-corrected chi connectivity index (χ0v) is 38.7. The van der Waals surface area contributed by atoms with Gasteiger partial charge >= 0.3 is 35.8 Å². The monoisotopic (exact) mass is 928 g/mol. The maximum absolute atomic E-state index is 14.8. The predicted octanol–water partition coefficient (Wildman–Crippen LogP) is 5.64. The molecule has 16 aliphatic rings. The van der Waals surface area contributed by atoms with Gasteiger partial charge < -0.3 is 37.9 Å². The third kappa shape index (κ3) is 6.78. The number of fused-ring (bicyclic) bond motifs is 4. The molecule has 14 saturated carbocycles. The van der Waals surface area contributed by atoms with Crippen molar-refractivity contribution in [3.05, 3.63) is 0 Å². The van der Waals surface area contributed by atoms with E-state index >= 15 is 0 Å². The average molecular weight is 929 g/mol. The summed E-state index contributed by atoms with van der Waals surface area (Å²) >= 11 is 0. The van der Waals surface area contributed by atoms with Crippen LogP contribution >= 0.6 is 0 Å². The molecule has 14 heteroatoms. The van der Waals surface area contributed by atoms with Crippen LogP contribution in [0, 0.1) is 117 Å². The minimum Gasteiger partial charge on any atom is -0.463 e. The molecule has 0 aromatic heterocycles. The molecular weight excluding hydrogens is 861 g/mol. The Morgan fingerprint density at radius 3 is 1.16 bits per heavy atom. The summed E-state index contributed by atoms with van der Waals surface area (Å²) in [4.78, 5) is 84.1. The zero-order valence-electron chi connectivity index (χ0n) is 38.7. The van der Waals surface area contributed by atoms with Crippen molar-refractivity contribution in [2.75, 3.05) is 39.6 Å². The van der Waals surface area contributed by atoms with Crippen LogP contribution < -0.4 is 0 Å². The smallest absolute Gasteiger partial charge is 0.310 e. The third-order valence-corrected chi connectivity index (χ3v) is 21.7. The molecule has 2 saturated heterocycles. The predicted molar refractivity (Wildman–Crippen MR) is 229 cm³/mol. The van der Waals surface area contributed by atoms with Gasteiger partial charge in [0.2, 0.25) is 0 Å². The summed E-state index contributed by atoms with van der Waals surface area (Å²) in [5.74, 6) is -4.53. The van der Waals surface area contributed by atoms with Crippen molar-refractivity contribution in [1.82, 2.24) is 0 Å². The van der Waals surface area contributed by atoms with E-state index in [-0.39, 0.29) is 91.1 Å². The molecule has 16 atom stereocenters. The van der Waals surface area contributed by atoms with Crippen LogP contribution in [-0.2, 0) is 66.7 Å². The summed E-state index contributed by atoms with van der Waals surface area (Å²) in [7, 11) is 0. The fourth-order valence-electron chi connectivity index (χ4n) is 20.4. The van der Waals surface area contributed by atoms with E-state index in [1.54, 1.807) is 0 Å². The molecule has 14 aliphatic carbocycles. The van der Waals surface area contributed by atoms with Gasteiger partial charge in [-0.1, -0.05) is 0 Å². The molecule has 14 bridgehead atoms. The first-order valence-corrected chi connectivity index (χ1v) is 26.8. The topological polar surface area (TPSA) is 176 Å². The number of esters is 6. The average Bonchev–Trinajstić information content (AvgIpc) is 4.16. The second kappa shape index (κ2) is 15.6. The lowest BCUT2D eigenvalue weighted by molar-refractivity contribution is -0.186. The highest BCUT2D eigenvalue weighted by Gasteiger charge is 2.71. The molecule has 0 spiro atoms. The van der Waals surface area contributed by atoms with Crippen molar-refractivity contribution >= 4 is 35.8 Å². The Hall–Kier alpha value is -3.26. The van der Waals surface area contributed by atoms with Gasteiger partial charge in [-0.3, -0.25) is 28.8 Å². The Labute approximate surface area is 392 Å². The van der Waals surface area contributed by atoms with E-state index in [0.717, 1.165) is 48.3 Å². The van der Waals surface area contributed by atoms with Gasteiger partial charge in [0.25, 0.3) is 0 Å². The fraction of sp³-hybridized carbons (Fsp3) is 0.887. The van der Waals surface area contributed by atoms with Crippen molar-refractivity contribution in [1.29, 1.82) is 0 Å². The molecular formula is C53H68O14. The van der Waals surface area contributed by atoms with Gasteiger partial charge in [-0.2, -0.15) is 0 Å². The van der Waals surface area contributed by atoms with Gasteiger partial charge in [0.1, 0.15) is 37.6 Å². The lowest BCUT2D eigenvalue weighted by Crippen LogP contribution is -2.51. The van der Waals surface area contributed by atoms with Gasteiger partial charge in [0.05, 0.1) is 61.9 Å². The molecule has 0 amide bonds. The van der Waals surface area contributed by atoms with Crippen molar-refractivity contribution in [3.8, 4) is 0 Å². The molecule has 2 aliphatic heterocycles. The van der Waals surface area contributed by atoms with Crippen molar-refractivity contribution in [3.63, 3.8) is 0 Å². The van der Waals surface area contributed by atoms with Crippen LogP contribution in [0.25, 0.3) is 0 Å². The molecule has 2 heterocycles. The van der Waals surface area contributed by atoms with E-state index in [9.17, 15) is 28.8 Å². The van der Waals surface area contributed by atoms with Crippen LogP contribution in [0.5, 0.6) is 0 Å². The maximum Gasteiger partial charge on any atom is 0.310 e. The van der Waals surface area contributed by atoms with Crippen LogP contribution in [0.2, 0.25) is 0 Å². The normalized spacial score (nSPS) is 52.0.